The van der Waals surface area contributed by atoms with Gasteiger partial charge in [-0.2, -0.15) is 12.6 Å². The van der Waals surface area contributed by atoms with Crippen molar-refractivity contribution in [3.05, 3.63) is 60.0 Å². The number of hydrogen-bond donors (Lipinski definition) is 1. The molecule has 0 saturated carbocycles. The Morgan fingerprint density at radius 1 is 1.04 bits per heavy atom. The second kappa shape index (κ2) is 9.27. The van der Waals surface area contributed by atoms with Crippen LogP contribution in [0.2, 0.25) is 25.1 Å². The first-order chi connectivity index (χ1) is 12.2. The van der Waals surface area contributed by atoms with E-state index in [2.05, 4.69) is 4.90 Å². The Bertz CT molecular complexity index is 814. The summed E-state index contributed by atoms with van der Waals surface area (Å²) < 4.78 is 0. The molecule has 0 aliphatic carbocycles. The standard InChI is InChI=1S/C18H16Cl5NOS/c1-3-24(11-5-4-10(8-25)9(2)6-11)13(26)7-12-14(19)16(21)18(23)17(22)15(12)20/h4-6,8,13,26H,3,7H2,1-2H3. The van der Waals surface area contributed by atoms with E-state index in [0.29, 0.717) is 24.1 Å². The second-order valence-electron chi connectivity index (χ2n) is 5.68. The van der Waals surface area contributed by atoms with E-state index in [1.54, 1.807) is 6.07 Å². The van der Waals surface area contributed by atoms with E-state index in [9.17, 15) is 4.79 Å². The maximum atomic E-state index is 11.0. The normalized spacial score (nSPS) is 12.2. The van der Waals surface area contributed by atoms with Gasteiger partial charge in [0.05, 0.1) is 30.5 Å². The molecule has 1 unspecified atom stereocenters. The van der Waals surface area contributed by atoms with E-state index in [4.69, 9.17) is 70.6 Å². The van der Waals surface area contributed by atoms with Gasteiger partial charge in [0, 0.05) is 24.2 Å². The first kappa shape index (κ1) is 22.0. The zero-order valence-corrected chi connectivity index (χ0v) is 18.7. The number of carbonyl (C=O) groups is 1. The highest BCUT2D eigenvalue weighted by atomic mass is 35.5. The Morgan fingerprint density at radius 2 is 1.58 bits per heavy atom. The van der Waals surface area contributed by atoms with Crippen molar-refractivity contribution in [2.24, 2.45) is 0 Å². The quantitative estimate of drug-likeness (QED) is 0.156. The SMILES string of the molecule is CCN(c1ccc(C=O)c(C)c1)C(S)Cc1c(Cl)c(Cl)c(Cl)c(Cl)c1Cl. The van der Waals surface area contributed by atoms with Gasteiger partial charge in [0.15, 0.2) is 0 Å². The van der Waals surface area contributed by atoms with E-state index < -0.39 is 0 Å². The number of hydrogen-bond acceptors (Lipinski definition) is 3. The summed E-state index contributed by atoms with van der Waals surface area (Å²) in [6, 6.07) is 5.62. The molecule has 0 fully saturated rings. The third-order valence-corrected chi connectivity index (χ3v) is 6.92. The topological polar surface area (TPSA) is 20.3 Å². The molecule has 140 valence electrons. The molecule has 0 bridgehead atoms. The summed E-state index contributed by atoms with van der Waals surface area (Å²) in [5.41, 5.74) is 3.08. The van der Waals surface area contributed by atoms with Gasteiger partial charge >= 0.3 is 0 Å². The summed E-state index contributed by atoms with van der Waals surface area (Å²) in [4.78, 5) is 13.1. The molecule has 0 aliphatic heterocycles. The molecule has 0 heterocycles. The van der Waals surface area contributed by atoms with Crippen molar-refractivity contribution in [2.45, 2.75) is 25.6 Å². The molecule has 0 aromatic heterocycles. The number of nitrogens with zero attached hydrogens (tertiary/aromatic N) is 1. The molecule has 26 heavy (non-hydrogen) atoms. The van der Waals surface area contributed by atoms with Gasteiger partial charge in [-0.1, -0.05) is 58.0 Å². The minimum Gasteiger partial charge on any atom is -0.360 e. The average Bonchev–Trinajstić information content (AvgIpc) is 2.62. The molecule has 0 spiro atoms. The first-order valence-corrected chi connectivity index (χ1v) is 10.1. The Morgan fingerprint density at radius 3 is 2.04 bits per heavy atom. The lowest BCUT2D eigenvalue weighted by atomic mass is 10.1. The molecule has 0 amide bonds. The van der Waals surface area contributed by atoms with Gasteiger partial charge in [-0.3, -0.25) is 4.79 Å². The zero-order valence-electron chi connectivity index (χ0n) is 14.0. The number of rotatable bonds is 6. The zero-order chi connectivity index (χ0) is 19.6. The van der Waals surface area contributed by atoms with Gasteiger partial charge in [0.2, 0.25) is 0 Å². The molecule has 1 atom stereocenters. The molecular formula is C18H16Cl5NOS. The van der Waals surface area contributed by atoms with Crippen molar-refractivity contribution >= 4 is 82.6 Å². The fourth-order valence-corrected chi connectivity index (χ4v) is 4.47. The summed E-state index contributed by atoms with van der Waals surface area (Å²) in [7, 11) is 0. The number of likely N-dealkylation sites (N-methyl/N-ethyl adjacent to an activating group) is 1. The third kappa shape index (κ3) is 4.40. The van der Waals surface area contributed by atoms with Gasteiger partial charge in [-0.15, -0.1) is 0 Å². The van der Waals surface area contributed by atoms with Crippen LogP contribution in [0.15, 0.2) is 18.2 Å². The lowest BCUT2D eigenvalue weighted by Crippen LogP contribution is -2.33. The number of thiol groups is 1. The second-order valence-corrected chi connectivity index (χ2v) is 8.16. The predicted molar refractivity (Wildman–Crippen MR) is 118 cm³/mol. The Kier molecular flexibility index (Phi) is 7.85. The fourth-order valence-electron chi connectivity index (χ4n) is 2.66. The molecule has 2 nitrogen and oxygen atoms in total. The number of benzene rings is 2. The van der Waals surface area contributed by atoms with Crippen molar-refractivity contribution < 1.29 is 4.79 Å². The molecule has 2 aromatic rings. The van der Waals surface area contributed by atoms with Crippen LogP contribution >= 0.6 is 70.6 Å². The minimum absolute atomic E-state index is 0.134. The molecule has 2 aromatic carbocycles. The largest absolute Gasteiger partial charge is 0.360 e. The monoisotopic (exact) mass is 469 g/mol. The van der Waals surface area contributed by atoms with Crippen LogP contribution in [0.4, 0.5) is 5.69 Å². The number of aryl methyl sites for hydroxylation is 1. The lowest BCUT2D eigenvalue weighted by molar-refractivity contribution is 0.112. The minimum atomic E-state index is -0.246. The van der Waals surface area contributed by atoms with Crippen LogP contribution in [0.3, 0.4) is 0 Å². The smallest absolute Gasteiger partial charge is 0.150 e. The van der Waals surface area contributed by atoms with Gasteiger partial charge in [0.25, 0.3) is 0 Å². The van der Waals surface area contributed by atoms with Crippen molar-refractivity contribution in [2.75, 3.05) is 11.4 Å². The number of carbonyl (C=O) groups excluding carboxylic acids is 1. The summed E-state index contributed by atoms with van der Waals surface area (Å²) in [6.45, 7) is 4.59. The highest BCUT2D eigenvalue weighted by Crippen LogP contribution is 2.44. The van der Waals surface area contributed by atoms with Gasteiger partial charge in [-0.25, -0.2) is 0 Å². The predicted octanol–water partition coefficient (Wildman–Crippen LogP) is 7.40. The maximum Gasteiger partial charge on any atom is 0.150 e. The van der Waals surface area contributed by atoms with Crippen molar-refractivity contribution in [1.82, 2.24) is 0 Å². The van der Waals surface area contributed by atoms with Gasteiger partial charge in [0.1, 0.15) is 6.29 Å². The highest BCUT2D eigenvalue weighted by molar-refractivity contribution is 7.81. The summed E-state index contributed by atoms with van der Waals surface area (Å²) in [6.07, 6.45) is 1.24. The van der Waals surface area contributed by atoms with Crippen LogP contribution in [-0.2, 0) is 6.42 Å². The van der Waals surface area contributed by atoms with Crippen LogP contribution in [0, 0.1) is 6.92 Å². The van der Waals surface area contributed by atoms with E-state index in [0.717, 1.165) is 17.5 Å². The molecule has 8 heteroatoms. The van der Waals surface area contributed by atoms with Crippen LogP contribution in [0.25, 0.3) is 0 Å². The average molecular weight is 472 g/mol. The van der Waals surface area contributed by atoms with E-state index in [1.807, 2.05) is 26.0 Å². The van der Waals surface area contributed by atoms with Crippen molar-refractivity contribution in [1.29, 1.82) is 0 Å². The molecule has 0 N–H and O–H groups in total. The molecule has 2 rings (SSSR count). The van der Waals surface area contributed by atoms with Crippen LogP contribution in [0.1, 0.15) is 28.4 Å². The number of anilines is 1. The van der Waals surface area contributed by atoms with Crippen LogP contribution in [0.5, 0.6) is 0 Å². The Balaban J connectivity index is 2.38. The maximum absolute atomic E-state index is 11.0. The number of halogens is 5. The van der Waals surface area contributed by atoms with E-state index in [1.165, 1.54) is 0 Å². The van der Waals surface area contributed by atoms with Crippen LogP contribution < -0.4 is 4.90 Å². The van der Waals surface area contributed by atoms with Crippen molar-refractivity contribution in [3.8, 4) is 0 Å². The molecule has 0 saturated heterocycles. The Hall–Kier alpha value is -0.290. The Labute approximate surface area is 183 Å². The summed E-state index contributed by atoms with van der Waals surface area (Å²) >= 11 is 35.7. The van der Waals surface area contributed by atoms with E-state index in [-0.39, 0.29) is 30.5 Å². The third-order valence-electron chi connectivity index (χ3n) is 4.10. The van der Waals surface area contributed by atoms with Crippen LogP contribution in [-0.4, -0.2) is 18.2 Å². The molecule has 0 aliphatic rings. The van der Waals surface area contributed by atoms with Gasteiger partial charge in [-0.05, 0) is 43.2 Å². The molecule has 0 radical (unpaired) electrons. The summed E-state index contributed by atoms with van der Waals surface area (Å²) in [5, 5.41) is 0.780. The summed E-state index contributed by atoms with van der Waals surface area (Å²) in [5.74, 6) is 0. The molecular weight excluding hydrogens is 456 g/mol. The van der Waals surface area contributed by atoms with E-state index >= 15 is 0 Å². The number of aldehydes is 1. The fraction of sp³-hybridized carbons (Fsp3) is 0.278. The van der Waals surface area contributed by atoms with Gasteiger partial charge < -0.3 is 4.90 Å². The first-order valence-electron chi connectivity index (χ1n) is 7.73. The highest BCUT2D eigenvalue weighted by Gasteiger charge is 2.23. The van der Waals surface area contributed by atoms with Crippen molar-refractivity contribution in [3.63, 3.8) is 0 Å². The lowest BCUT2D eigenvalue weighted by Gasteiger charge is -2.30.